The fourth-order valence-corrected chi connectivity index (χ4v) is 6.59. The number of hydrogen-bond acceptors (Lipinski definition) is 6. The molecule has 4 rings (SSSR count). The number of aromatic nitrogens is 2. The zero-order valence-electron chi connectivity index (χ0n) is 20.1. The van der Waals surface area contributed by atoms with Crippen LogP contribution in [0.2, 0.25) is 0 Å². The smallest absolute Gasteiger partial charge is 0.336 e. The van der Waals surface area contributed by atoms with Gasteiger partial charge in [0.1, 0.15) is 6.61 Å². The number of nitrogens with one attached hydrogen (secondary N) is 1. The number of fused-ring (bicyclic) bond motifs is 1. The average molecular weight is 917 g/mol. The fraction of sp³-hybridized carbons (Fsp3) is 0.625. The van der Waals surface area contributed by atoms with Crippen molar-refractivity contribution in [3.8, 4) is 0 Å². The van der Waals surface area contributed by atoms with Gasteiger partial charge in [0.25, 0.3) is 5.56 Å². The van der Waals surface area contributed by atoms with Crippen LogP contribution < -0.4 is 11.2 Å². The molecule has 0 spiro atoms. The van der Waals surface area contributed by atoms with Crippen molar-refractivity contribution in [3.63, 3.8) is 0 Å². The number of aliphatic hydroxyl groups is 2. The summed E-state index contributed by atoms with van der Waals surface area (Å²) in [7, 11) is 0. The molecule has 3 aliphatic rings. The molecule has 1 aromatic rings. The number of allylic oxidation sites excluding steroid dienone is 1. The Morgan fingerprint density at radius 1 is 1.29 bits per heavy atom. The van der Waals surface area contributed by atoms with Crippen LogP contribution in [0.3, 0.4) is 0 Å². The van der Waals surface area contributed by atoms with E-state index in [1.807, 2.05) is 11.9 Å². The number of esters is 1. The molecule has 35 heavy (non-hydrogen) atoms. The third-order valence-corrected chi connectivity index (χ3v) is 8.52. The van der Waals surface area contributed by atoms with Gasteiger partial charge in [-0.25, -0.2) is 9.59 Å². The fourth-order valence-electron chi connectivity index (χ4n) is 6.59. The third kappa shape index (κ3) is 5.57. The number of aliphatic hydroxyl groups excluding tert-OH is 2. The number of hydrogen-bond donors (Lipinski definition) is 3. The number of carbonyl (C=O) groups is 1. The van der Waals surface area contributed by atoms with Crippen LogP contribution in [-0.2, 0) is 9.53 Å². The second kappa shape index (κ2) is 12.0. The molecule has 0 amide bonds. The molecule has 0 saturated heterocycles. The van der Waals surface area contributed by atoms with Gasteiger partial charge in [0.2, 0.25) is 5.82 Å². The standard InChI is InChI=1S/C24H31FN2O6.2Ac/c1-13-4-5-18-23(2,8-6-19(29)24(18,3)12-28)15(13)10-17(14-7-9-33-21(14)31)27-11-16(25)20(30)26-22(27)32;;/h7,11,15,17-19,28-29H,1,4-6,8-10,12H2,2-3H3,(H,26,30,32);;/t15-,17?,18?,19?,23+,24-;;/m0../s1. The zero-order valence-corrected chi connectivity index (χ0v) is 29.6. The maximum Gasteiger partial charge on any atom is 0.336 e. The number of cyclic esters (lactones) is 1. The van der Waals surface area contributed by atoms with E-state index in [0.29, 0.717) is 19.3 Å². The minimum Gasteiger partial charge on any atom is -0.458 e. The van der Waals surface area contributed by atoms with Crippen molar-refractivity contribution in [2.75, 3.05) is 13.2 Å². The second-order valence-electron chi connectivity index (χ2n) is 10.2. The molecule has 2 heterocycles. The van der Waals surface area contributed by atoms with E-state index >= 15 is 0 Å². The number of aromatic amines is 1. The molecule has 1 aromatic heterocycles. The monoisotopic (exact) mass is 916 g/mol. The quantitative estimate of drug-likeness (QED) is 0.307. The molecule has 3 unspecified atom stereocenters. The third-order valence-electron chi connectivity index (χ3n) is 8.52. The first-order valence-corrected chi connectivity index (χ1v) is 11.4. The van der Waals surface area contributed by atoms with Crippen molar-refractivity contribution in [2.24, 2.45) is 22.7 Å². The average Bonchev–Trinajstić information content (AvgIpc) is 3.19. The molecule has 8 nitrogen and oxygen atoms in total. The predicted molar refractivity (Wildman–Crippen MR) is 118 cm³/mol. The van der Waals surface area contributed by atoms with Gasteiger partial charge < -0.3 is 14.9 Å². The Morgan fingerprint density at radius 2 is 1.97 bits per heavy atom. The summed E-state index contributed by atoms with van der Waals surface area (Å²) in [5.41, 5.74) is -1.78. The van der Waals surface area contributed by atoms with E-state index in [9.17, 15) is 29.0 Å². The largest absolute Gasteiger partial charge is 0.458 e. The Labute approximate surface area is 274 Å². The van der Waals surface area contributed by atoms with E-state index in [1.165, 1.54) is 0 Å². The van der Waals surface area contributed by atoms with E-state index in [1.54, 1.807) is 6.08 Å². The molecule has 2 saturated carbocycles. The van der Waals surface area contributed by atoms with Gasteiger partial charge in [-0.3, -0.25) is 14.3 Å². The number of carbonyl (C=O) groups excluding carboxylic acids is 1. The summed E-state index contributed by atoms with van der Waals surface area (Å²) in [6.45, 7) is 8.21. The van der Waals surface area contributed by atoms with Crippen molar-refractivity contribution >= 4 is 5.97 Å². The van der Waals surface area contributed by atoms with Gasteiger partial charge in [-0.05, 0) is 55.4 Å². The molecular weight excluding hydrogens is 885 g/mol. The van der Waals surface area contributed by atoms with Crippen molar-refractivity contribution in [1.82, 2.24) is 9.55 Å². The molecule has 186 valence electrons. The van der Waals surface area contributed by atoms with Crippen LogP contribution in [0.4, 0.5) is 4.39 Å². The van der Waals surface area contributed by atoms with Crippen LogP contribution in [0.25, 0.3) is 0 Å². The van der Waals surface area contributed by atoms with Gasteiger partial charge in [0, 0.05) is 93.5 Å². The molecule has 11 heteroatoms. The summed E-state index contributed by atoms with van der Waals surface area (Å²) < 4.78 is 20.3. The molecule has 2 aliphatic carbocycles. The van der Waals surface area contributed by atoms with Crippen molar-refractivity contribution in [3.05, 3.63) is 56.7 Å². The van der Waals surface area contributed by atoms with Gasteiger partial charge in [0.15, 0.2) is 0 Å². The summed E-state index contributed by atoms with van der Waals surface area (Å²) in [5.74, 6) is -1.88. The Kier molecular flexibility index (Phi) is 10.9. The van der Waals surface area contributed by atoms with Crippen molar-refractivity contribution in [2.45, 2.75) is 58.1 Å². The Hall–Kier alpha value is 0.363. The van der Waals surface area contributed by atoms with Crippen LogP contribution in [0.1, 0.15) is 52.0 Å². The first-order chi connectivity index (χ1) is 15.5. The van der Waals surface area contributed by atoms with Gasteiger partial charge in [0.05, 0.1) is 30.5 Å². The van der Waals surface area contributed by atoms with Crippen LogP contribution in [0.15, 0.2) is 39.6 Å². The van der Waals surface area contributed by atoms with E-state index in [-0.39, 0.29) is 131 Å². The first kappa shape index (κ1) is 31.6. The zero-order chi connectivity index (χ0) is 24.1. The number of ether oxygens (including phenoxy) is 1. The Bertz CT molecular complexity index is 1130. The van der Waals surface area contributed by atoms with Crippen LogP contribution >= 0.6 is 0 Å². The summed E-state index contributed by atoms with van der Waals surface area (Å²) in [5, 5.41) is 20.9. The van der Waals surface area contributed by atoms with Gasteiger partial charge in [-0.1, -0.05) is 26.0 Å². The minimum absolute atomic E-state index is 0. The van der Waals surface area contributed by atoms with Crippen molar-refractivity contribution < 1.29 is 112 Å². The van der Waals surface area contributed by atoms with Crippen LogP contribution in [0, 0.1) is 117 Å². The summed E-state index contributed by atoms with van der Waals surface area (Å²) in [6, 6.07) is -0.858. The number of nitrogens with zero attached hydrogens (tertiary/aromatic N) is 1. The number of halogens is 1. The molecule has 2 radical (unpaired) electrons. The summed E-state index contributed by atoms with van der Waals surface area (Å²) in [4.78, 5) is 38.7. The predicted octanol–water partition coefficient (Wildman–Crippen LogP) is 1.83. The molecule has 6 atom stereocenters. The number of H-pyrrole nitrogens is 1. The van der Waals surface area contributed by atoms with Gasteiger partial charge in [-0.2, -0.15) is 4.39 Å². The number of rotatable bonds is 5. The maximum atomic E-state index is 14.2. The molecule has 0 aromatic carbocycles. The van der Waals surface area contributed by atoms with Crippen LogP contribution in [0.5, 0.6) is 0 Å². The molecule has 3 N–H and O–H groups in total. The summed E-state index contributed by atoms with van der Waals surface area (Å²) in [6.07, 6.45) is 4.70. The topological polar surface area (TPSA) is 122 Å². The van der Waals surface area contributed by atoms with E-state index in [0.717, 1.165) is 22.8 Å². The molecule has 0 bridgehead atoms. The van der Waals surface area contributed by atoms with E-state index < -0.39 is 40.6 Å². The van der Waals surface area contributed by atoms with Crippen molar-refractivity contribution in [1.29, 1.82) is 0 Å². The molecular formula is C24H31Ac2FN2O6. The Balaban J connectivity index is 0.00000216. The van der Waals surface area contributed by atoms with Gasteiger partial charge >= 0.3 is 11.7 Å². The molecule has 1 aliphatic heterocycles. The van der Waals surface area contributed by atoms with E-state index in [2.05, 4.69) is 13.5 Å². The first-order valence-electron chi connectivity index (χ1n) is 11.4. The van der Waals surface area contributed by atoms with Crippen LogP contribution in [-0.4, -0.2) is 45.1 Å². The second-order valence-corrected chi connectivity index (χ2v) is 10.2. The minimum atomic E-state index is -1.12. The normalized spacial score (nSPS) is 33.1. The molecule has 2 fully saturated rings. The van der Waals surface area contributed by atoms with Gasteiger partial charge in [-0.15, -0.1) is 0 Å². The summed E-state index contributed by atoms with van der Waals surface area (Å²) >= 11 is 0. The van der Waals surface area contributed by atoms with E-state index in [4.69, 9.17) is 4.74 Å². The SMILES string of the molecule is C=C1CCC2[C@](C)(CO)C(O)CC[C@]2(C)[C@H]1CC(C1=CCOC1=O)n1cc(F)c(=O)[nH]c1=O.[Ac].[Ac]. The maximum absolute atomic E-state index is 14.2. The Morgan fingerprint density at radius 3 is 2.57 bits per heavy atom.